The number of fused-ring (bicyclic) bond motifs is 1. The zero-order valence-corrected chi connectivity index (χ0v) is 19.1. The zero-order chi connectivity index (χ0) is 23.7. The summed E-state index contributed by atoms with van der Waals surface area (Å²) in [5, 5.41) is 20.2. The molecule has 0 bridgehead atoms. The Morgan fingerprint density at radius 2 is 2.14 bits per heavy atom. The van der Waals surface area contributed by atoms with Crippen LogP contribution in [0, 0.1) is 23.2 Å². The number of hydrogen-bond acceptors (Lipinski definition) is 2. The van der Waals surface area contributed by atoms with Gasteiger partial charge in [0, 0.05) is 0 Å². The van der Waals surface area contributed by atoms with E-state index in [1.54, 1.807) is 0 Å². The molecule has 3 rings (SSSR count). The molecule has 164 valence electrons. The van der Waals surface area contributed by atoms with Gasteiger partial charge in [-0.2, -0.15) is 0 Å². The molecule has 0 aromatic rings. The lowest BCUT2D eigenvalue weighted by Crippen LogP contribution is -2.36. The van der Waals surface area contributed by atoms with Crippen LogP contribution in [0.5, 0.6) is 0 Å². The highest BCUT2D eigenvalue weighted by atomic mass is 16.3. The molecule has 2 heteroatoms. The van der Waals surface area contributed by atoms with Gasteiger partial charge in [0.15, 0.2) is 0 Å². The third-order valence-electron chi connectivity index (χ3n) is 8.14. The molecular formula is C27H44O2. The van der Waals surface area contributed by atoms with Crippen molar-refractivity contribution < 1.29 is 14.3 Å². The van der Waals surface area contributed by atoms with Crippen LogP contribution in [0.2, 0.25) is 0 Å². The Kier molecular flexibility index (Phi) is 5.92. The van der Waals surface area contributed by atoms with Gasteiger partial charge in [0.25, 0.3) is 0 Å². The molecule has 3 saturated carbocycles. The van der Waals surface area contributed by atoms with Crippen molar-refractivity contribution in [2.24, 2.45) is 23.2 Å². The van der Waals surface area contributed by atoms with E-state index in [4.69, 9.17) is 4.11 Å². The molecule has 0 heterocycles. The van der Waals surface area contributed by atoms with Crippen LogP contribution in [0.15, 0.2) is 35.4 Å². The van der Waals surface area contributed by atoms with E-state index in [1.165, 1.54) is 24.8 Å². The molecule has 0 saturated heterocycles. The smallest absolute Gasteiger partial charge is 0.0626 e. The Labute approximate surface area is 183 Å². The molecule has 3 aliphatic rings. The van der Waals surface area contributed by atoms with Crippen molar-refractivity contribution in [1.82, 2.24) is 0 Å². The lowest BCUT2D eigenvalue weighted by Gasteiger charge is -2.44. The van der Waals surface area contributed by atoms with Crippen molar-refractivity contribution in [2.75, 3.05) is 0 Å². The van der Waals surface area contributed by atoms with Crippen LogP contribution in [-0.2, 0) is 0 Å². The lowest BCUT2D eigenvalue weighted by atomic mass is 9.60. The Balaban J connectivity index is 1.79. The normalized spacial score (nSPS) is 38.8. The first kappa shape index (κ1) is 18.9. The topological polar surface area (TPSA) is 40.5 Å². The molecule has 0 aromatic heterocycles. The van der Waals surface area contributed by atoms with E-state index in [-0.39, 0.29) is 11.9 Å². The summed E-state index contributed by atoms with van der Waals surface area (Å²) in [5.74, 6) is 1.82. The van der Waals surface area contributed by atoms with Crippen LogP contribution in [0.4, 0.5) is 0 Å². The summed E-state index contributed by atoms with van der Waals surface area (Å²) in [6.07, 6.45) is 12.0. The largest absolute Gasteiger partial charge is 0.393 e. The quantitative estimate of drug-likeness (QED) is 0.516. The third kappa shape index (κ3) is 5.44. The van der Waals surface area contributed by atoms with Crippen LogP contribution in [0.1, 0.15) is 102 Å². The van der Waals surface area contributed by atoms with E-state index in [0.29, 0.717) is 54.2 Å². The summed E-state index contributed by atoms with van der Waals surface area (Å²) in [7, 11) is 0. The fourth-order valence-corrected chi connectivity index (χ4v) is 6.49. The van der Waals surface area contributed by atoms with E-state index >= 15 is 0 Å². The van der Waals surface area contributed by atoms with Crippen LogP contribution >= 0.6 is 0 Å². The number of allylic oxidation sites excluding steroid dienone is 4. The standard InChI is InChI=1S/C27H44O2/c1-19-10-13-23(28)18-22(19)12-11-21-9-7-17-27(5)24(14-15-25(21)27)20(2)8-6-16-26(3,4)29/h11-12,20,23-25,28-29H,1,6-10,13-18H2,2-5H3/b21-11?,22-12-/t20-,23+,24-,25?,27-/m1/s1/i1D2,12D. The summed E-state index contributed by atoms with van der Waals surface area (Å²) in [4.78, 5) is 0. The molecule has 5 atom stereocenters. The molecule has 3 aliphatic carbocycles. The highest BCUT2D eigenvalue weighted by Crippen LogP contribution is 2.60. The van der Waals surface area contributed by atoms with Crippen molar-refractivity contribution in [1.29, 1.82) is 0 Å². The summed E-state index contributed by atoms with van der Waals surface area (Å²) < 4.78 is 24.4. The number of aliphatic hydroxyl groups excluding tert-OH is 1. The van der Waals surface area contributed by atoms with Gasteiger partial charge in [-0.1, -0.05) is 56.5 Å². The van der Waals surface area contributed by atoms with E-state index in [1.807, 2.05) is 19.9 Å². The minimum Gasteiger partial charge on any atom is -0.393 e. The highest BCUT2D eigenvalue weighted by Gasteiger charge is 2.50. The van der Waals surface area contributed by atoms with Crippen molar-refractivity contribution in [3.05, 3.63) is 35.4 Å². The van der Waals surface area contributed by atoms with Gasteiger partial charge < -0.3 is 10.2 Å². The summed E-state index contributed by atoms with van der Waals surface area (Å²) >= 11 is 0. The number of rotatable bonds is 6. The molecule has 2 nitrogen and oxygen atoms in total. The van der Waals surface area contributed by atoms with Gasteiger partial charge in [-0.15, -0.1) is 0 Å². The zero-order valence-electron chi connectivity index (χ0n) is 22.1. The highest BCUT2D eigenvalue weighted by molar-refractivity contribution is 5.36. The summed E-state index contributed by atoms with van der Waals surface area (Å²) in [6.45, 7) is 8.44. The van der Waals surface area contributed by atoms with Crippen molar-refractivity contribution >= 4 is 0 Å². The van der Waals surface area contributed by atoms with Gasteiger partial charge in [-0.25, -0.2) is 0 Å². The van der Waals surface area contributed by atoms with E-state index in [0.717, 1.165) is 32.1 Å². The summed E-state index contributed by atoms with van der Waals surface area (Å²) in [5.41, 5.74) is 2.40. The monoisotopic (exact) mass is 403 g/mol. The van der Waals surface area contributed by atoms with Gasteiger partial charge in [0.2, 0.25) is 0 Å². The second kappa shape index (κ2) is 9.10. The van der Waals surface area contributed by atoms with Gasteiger partial charge in [0.1, 0.15) is 0 Å². The molecule has 0 radical (unpaired) electrons. The maximum Gasteiger partial charge on any atom is 0.0626 e. The van der Waals surface area contributed by atoms with Gasteiger partial charge in [-0.05, 0) is 100 Å². The summed E-state index contributed by atoms with van der Waals surface area (Å²) in [6, 6.07) is 0.414. The maximum absolute atomic E-state index is 10.1. The van der Waals surface area contributed by atoms with Crippen LogP contribution in [0.25, 0.3) is 0 Å². The molecular weight excluding hydrogens is 356 g/mol. The van der Waals surface area contributed by atoms with Crippen LogP contribution in [0.3, 0.4) is 0 Å². The predicted molar refractivity (Wildman–Crippen MR) is 123 cm³/mol. The predicted octanol–water partition coefficient (Wildman–Crippen LogP) is 6.73. The van der Waals surface area contributed by atoms with Gasteiger partial charge in [-0.3, -0.25) is 0 Å². The molecule has 0 aliphatic heterocycles. The van der Waals surface area contributed by atoms with E-state index in [9.17, 15) is 10.2 Å². The Morgan fingerprint density at radius 1 is 1.34 bits per heavy atom. The SMILES string of the molecule is [2H]C([2H])=C1CC[C@H](O)C/C1=C(\[2H])C=C1CCC[C@@]2(C)C1CC[C@@H]2[C@H](C)CCCC(C)(C)O. The molecule has 1 unspecified atom stereocenters. The maximum atomic E-state index is 10.1. The molecule has 29 heavy (non-hydrogen) atoms. The average molecular weight is 404 g/mol. The van der Waals surface area contributed by atoms with Crippen molar-refractivity contribution in [3.63, 3.8) is 0 Å². The third-order valence-corrected chi connectivity index (χ3v) is 8.14. The molecule has 3 fully saturated rings. The average Bonchev–Trinajstić information content (AvgIpc) is 3.04. The van der Waals surface area contributed by atoms with E-state index in [2.05, 4.69) is 13.8 Å². The molecule has 0 spiro atoms. The lowest BCUT2D eigenvalue weighted by molar-refractivity contribution is 0.0596. The van der Waals surface area contributed by atoms with Gasteiger partial charge in [0.05, 0.1) is 15.8 Å². The Hall–Kier alpha value is -0.860. The minimum atomic E-state index is -0.585. The fraction of sp³-hybridized carbons (Fsp3) is 0.778. The molecule has 0 aromatic carbocycles. The van der Waals surface area contributed by atoms with Crippen LogP contribution in [-0.4, -0.2) is 21.9 Å². The number of aliphatic hydroxyl groups is 2. The van der Waals surface area contributed by atoms with E-state index < -0.39 is 11.7 Å². The Bertz CT molecular complexity index is 772. The fourth-order valence-electron chi connectivity index (χ4n) is 6.49. The first-order valence-corrected chi connectivity index (χ1v) is 11.9. The first-order chi connectivity index (χ1) is 14.9. The second-order valence-corrected chi connectivity index (χ2v) is 11.0. The minimum absolute atomic E-state index is 0.204. The first-order valence-electron chi connectivity index (χ1n) is 13.4. The molecule has 2 N–H and O–H groups in total. The van der Waals surface area contributed by atoms with Gasteiger partial charge >= 0.3 is 0 Å². The van der Waals surface area contributed by atoms with Crippen LogP contribution < -0.4 is 0 Å². The Morgan fingerprint density at radius 3 is 2.86 bits per heavy atom. The van der Waals surface area contributed by atoms with Crippen molar-refractivity contribution in [2.45, 2.75) is 110 Å². The van der Waals surface area contributed by atoms with Crippen molar-refractivity contribution in [3.8, 4) is 0 Å². The number of hydrogen-bond donors (Lipinski definition) is 2. The molecule has 0 amide bonds. The second-order valence-electron chi connectivity index (χ2n) is 11.0.